The van der Waals surface area contributed by atoms with E-state index in [9.17, 15) is 4.79 Å². The number of carbonyl (C=O) groups is 1. The van der Waals surface area contributed by atoms with E-state index in [1.165, 1.54) is 25.0 Å². The summed E-state index contributed by atoms with van der Waals surface area (Å²) >= 11 is 0. The molecular formula is C23H31N3O2S2. The predicted molar refractivity (Wildman–Crippen MR) is 124 cm³/mol. The van der Waals surface area contributed by atoms with Crippen molar-refractivity contribution in [2.45, 2.75) is 63.5 Å². The molecule has 0 saturated carbocycles. The van der Waals surface area contributed by atoms with Crippen molar-refractivity contribution >= 4 is 27.5 Å². The molecule has 0 spiro atoms. The third-order valence-electron chi connectivity index (χ3n) is 6.08. The highest BCUT2D eigenvalue weighted by atomic mass is 33.1. The Bertz CT molecular complexity index is 835. The molecule has 4 rings (SSSR count). The lowest BCUT2D eigenvalue weighted by Crippen LogP contribution is -2.40. The van der Waals surface area contributed by atoms with E-state index in [4.69, 9.17) is 4.52 Å². The normalized spacial score (nSPS) is 21.8. The van der Waals surface area contributed by atoms with Crippen molar-refractivity contribution in [1.82, 2.24) is 15.0 Å². The zero-order valence-corrected chi connectivity index (χ0v) is 19.3. The Morgan fingerprint density at radius 1 is 1.27 bits per heavy atom. The zero-order valence-electron chi connectivity index (χ0n) is 17.7. The SMILES string of the molecule is Cc1ccccc1-c1noc(C[C@@H]2CCCN(C(=O)CCCC[C@H]3CCSS3)C2)n1. The molecule has 1 aromatic carbocycles. The molecule has 0 unspecified atom stereocenters. The molecular weight excluding hydrogens is 414 g/mol. The number of piperidine rings is 1. The maximum atomic E-state index is 12.7. The molecule has 0 aliphatic carbocycles. The van der Waals surface area contributed by atoms with Crippen molar-refractivity contribution in [3.05, 3.63) is 35.7 Å². The number of benzene rings is 1. The van der Waals surface area contributed by atoms with E-state index in [-0.39, 0.29) is 0 Å². The highest BCUT2D eigenvalue weighted by molar-refractivity contribution is 8.77. The molecule has 162 valence electrons. The topological polar surface area (TPSA) is 59.2 Å². The minimum Gasteiger partial charge on any atom is -0.342 e. The first-order valence-corrected chi connectivity index (χ1v) is 13.5. The minimum absolute atomic E-state index is 0.319. The molecule has 0 bridgehead atoms. The summed E-state index contributed by atoms with van der Waals surface area (Å²) in [5, 5.41) is 4.99. The largest absolute Gasteiger partial charge is 0.342 e. The van der Waals surface area contributed by atoms with Crippen LogP contribution in [-0.4, -0.2) is 45.0 Å². The second kappa shape index (κ2) is 10.7. The quantitative estimate of drug-likeness (QED) is 0.393. The average molecular weight is 446 g/mol. The Kier molecular flexibility index (Phi) is 7.77. The van der Waals surface area contributed by atoms with Gasteiger partial charge in [-0.05, 0) is 50.5 Å². The summed E-state index contributed by atoms with van der Waals surface area (Å²) in [6.45, 7) is 3.76. The van der Waals surface area contributed by atoms with Crippen molar-refractivity contribution < 1.29 is 9.32 Å². The minimum atomic E-state index is 0.319. The molecule has 1 amide bonds. The van der Waals surface area contributed by atoms with Gasteiger partial charge in [-0.2, -0.15) is 4.98 Å². The van der Waals surface area contributed by atoms with Gasteiger partial charge in [-0.25, -0.2) is 0 Å². The monoisotopic (exact) mass is 445 g/mol. The van der Waals surface area contributed by atoms with Gasteiger partial charge >= 0.3 is 0 Å². The third kappa shape index (κ3) is 5.82. The van der Waals surface area contributed by atoms with Gasteiger partial charge in [-0.15, -0.1) is 0 Å². The first-order valence-electron chi connectivity index (χ1n) is 11.1. The second-order valence-electron chi connectivity index (χ2n) is 8.45. The first-order chi connectivity index (χ1) is 14.7. The molecule has 1 aromatic heterocycles. The first kappa shape index (κ1) is 21.8. The van der Waals surface area contributed by atoms with E-state index in [0.29, 0.717) is 30.0 Å². The summed E-state index contributed by atoms with van der Waals surface area (Å²) in [5.41, 5.74) is 2.16. The van der Waals surface area contributed by atoms with Crippen LogP contribution in [0.15, 0.2) is 28.8 Å². The Morgan fingerprint density at radius 3 is 3.00 bits per heavy atom. The fraction of sp³-hybridized carbons (Fsp3) is 0.609. The number of hydrogen-bond donors (Lipinski definition) is 0. The van der Waals surface area contributed by atoms with Gasteiger partial charge in [-0.3, -0.25) is 4.79 Å². The lowest BCUT2D eigenvalue weighted by atomic mass is 9.94. The molecule has 3 heterocycles. The van der Waals surface area contributed by atoms with Crippen LogP contribution in [-0.2, 0) is 11.2 Å². The molecule has 30 heavy (non-hydrogen) atoms. The van der Waals surface area contributed by atoms with Crippen LogP contribution in [0.2, 0.25) is 0 Å². The number of carbonyl (C=O) groups excluding carboxylic acids is 1. The predicted octanol–water partition coefficient (Wildman–Crippen LogP) is 5.54. The van der Waals surface area contributed by atoms with E-state index in [2.05, 4.69) is 28.0 Å². The molecule has 2 aromatic rings. The van der Waals surface area contributed by atoms with Gasteiger partial charge in [0.2, 0.25) is 17.6 Å². The lowest BCUT2D eigenvalue weighted by molar-refractivity contribution is -0.133. The summed E-state index contributed by atoms with van der Waals surface area (Å²) in [7, 11) is 4.03. The highest BCUT2D eigenvalue weighted by Gasteiger charge is 2.25. The number of hydrogen-bond acceptors (Lipinski definition) is 6. The summed E-state index contributed by atoms with van der Waals surface area (Å²) in [6, 6.07) is 8.09. The molecule has 5 nitrogen and oxygen atoms in total. The molecule has 2 fully saturated rings. The summed E-state index contributed by atoms with van der Waals surface area (Å²) in [6.07, 6.45) is 8.39. The molecule has 0 N–H and O–H groups in total. The van der Waals surface area contributed by atoms with E-state index >= 15 is 0 Å². The van der Waals surface area contributed by atoms with Gasteiger partial charge in [0, 0.05) is 42.5 Å². The van der Waals surface area contributed by atoms with E-state index in [0.717, 1.165) is 55.1 Å². The van der Waals surface area contributed by atoms with Crippen LogP contribution >= 0.6 is 21.6 Å². The summed E-state index contributed by atoms with van der Waals surface area (Å²) in [4.78, 5) is 19.4. The Morgan fingerprint density at radius 2 is 2.17 bits per heavy atom. The molecule has 2 aliphatic rings. The maximum Gasteiger partial charge on any atom is 0.227 e. The Balaban J connectivity index is 1.24. The van der Waals surface area contributed by atoms with Crippen molar-refractivity contribution in [2.75, 3.05) is 18.8 Å². The van der Waals surface area contributed by atoms with Crippen LogP contribution in [0.3, 0.4) is 0 Å². The van der Waals surface area contributed by atoms with Crippen molar-refractivity contribution in [1.29, 1.82) is 0 Å². The van der Waals surface area contributed by atoms with Crippen molar-refractivity contribution in [2.24, 2.45) is 5.92 Å². The van der Waals surface area contributed by atoms with Gasteiger partial charge < -0.3 is 9.42 Å². The van der Waals surface area contributed by atoms with Crippen molar-refractivity contribution in [3.63, 3.8) is 0 Å². The maximum absolute atomic E-state index is 12.7. The van der Waals surface area contributed by atoms with Gasteiger partial charge in [0.1, 0.15) is 0 Å². The second-order valence-corrected chi connectivity index (χ2v) is 11.2. The number of likely N-dealkylation sites (tertiary alicyclic amines) is 1. The van der Waals surface area contributed by atoms with Crippen LogP contribution in [0.4, 0.5) is 0 Å². The van der Waals surface area contributed by atoms with Crippen LogP contribution in [0.25, 0.3) is 11.4 Å². The van der Waals surface area contributed by atoms with Gasteiger partial charge in [-0.1, -0.05) is 57.4 Å². The van der Waals surface area contributed by atoms with E-state index in [1.807, 2.05) is 39.8 Å². The molecule has 2 aliphatic heterocycles. The number of unbranched alkanes of at least 4 members (excludes halogenated alkanes) is 1. The smallest absolute Gasteiger partial charge is 0.227 e. The van der Waals surface area contributed by atoms with E-state index < -0.39 is 0 Å². The van der Waals surface area contributed by atoms with Crippen molar-refractivity contribution in [3.8, 4) is 11.4 Å². The average Bonchev–Trinajstić information content (AvgIpc) is 3.44. The third-order valence-corrected chi connectivity index (χ3v) is 9.09. The van der Waals surface area contributed by atoms with Gasteiger partial charge in [0.15, 0.2) is 0 Å². The van der Waals surface area contributed by atoms with E-state index in [1.54, 1.807) is 0 Å². The molecule has 0 radical (unpaired) electrons. The lowest BCUT2D eigenvalue weighted by Gasteiger charge is -2.32. The molecule has 2 saturated heterocycles. The van der Waals surface area contributed by atoms with Gasteiger partial charge in [0.05, 0.1) is 0 Å². The van der Waals surface area contributed by atoms with Crippen LogP contribution < -0.4 is 0 Å². The number of aryl methyl sites for hydroxylation is 1. The van der Waals surface area contributed by atoms with Crippen LogP contribution in [0.5, 0.6) is 0 Å². The zero-order chi connectivity index (χ0) is 20.8. The fourth-order valence-corrected chi connectivity index (χ4v) is 7.37. The Labute approximate surface area is 187 Å². The number of nitrogens with zero attached hydrogens (tertiary/aromatic N) is 3. The fourth-order valence-electron chi connectivity index (χ4n) is 4.35. The number of rotatable bonds is 8. The number of aromatic nitrogens is 2. The Hall–Kier alpha value is -1.47. The highest BCUT2D eigenvalue weighted by Crippen LogP contribution is 2.40. The standard InChI is InChI=1S/C23H31N3O2S2/c1-17-7-2-4-10-20(17)23-24-21(28-25-23)15-18-8-6-13-26(16-18)22(27)11-5-3-9-19-12-14-29-30-19/h2,4,7,10,18-19H,3,5-6,8-9,11-16H2,1H3/t18-,19-/m0/s1. The van der Waals surface area contributed by atoms with Crippen LogP contribution in [0, 0.1) is 12.8 Å². The summed E-state index contributed by atoms with van der Waals surface area (Å²) < 4.78 is 5.53. The summed E-state index contributed by atoms with van der Waals surface area (Å²) in [5.74, 6) is 3.35. The number of amides is 1. The molecule has 2 atom stereocenters. The van der Waals surface area contributed by atoms with Crippen LogP contribution in [0.1, 0.15) is 56.4 Å². The van der Waals surface area contributed by atoms with Gasteiger partial charge in [0.25, 0.3) is 0 Å². The molecule has 7 heteroatoms.